The van der Waals surface area contributed by atoms with Gasteiger partial charge in [0.25, 0.3) is 5.91 Å². The number of hydrogen-bond acceptors (Lipinski definition) is 3. The van der Waals surface area contributed by atoms with Crippen molar-refractivity contribution in [2.75, 3.05) is 13.7 Å². The van der Waals surface area contributed by atoms with Crippen LogP contribution in [0.25, 0.3) is 10.9 Å². The summed E-state index contributed by atoms with van der Waals surface area (Å²) >= 11 is 0. The number of hydrogen-bond donors (Lipinski definition) is 2. The molecule has 2 unspecified atom stereocenters. The van der Waals surface area contributed by atoms with Crippen LogP contribution in [-0.4, -0.2) is 30.6 Å². The summed E-state index contributed by atoms with van der Waals surface area (Å²) in [6, 6.07) is 24.1. The van der Waals surface area contributed by atoms with Gasteiger partial charge in [0.15, 0.2) is 6.10 Å². The number of carbonyl (C=O) groups excluding carboxylic acids is 1. The first-order chi connectivity index (χ1) is 15.2. The maximum atomic E-state index is 12.9. The lowest BCUT2D eigenvalue weighted by Crippen LogP contribution is -2.39. The highest BCUT2D eigenvalue weighted by Gasteiger charge is 2.29. The molecule has 0 fully saturated rings. The lowest BCUT2D eigenvalue weighted by atomic mass is 9.90. The molecule has 5 rings (SSSR count). The SMILES string of the molecule is COc1ccc(C(CNC(=O)C2Cc3ccccc3O2)c2c[nH]c3ccccc23)cc1. The molecule has 5 nitrogen and oxygen atoms in total. The Morgan fingerprint density at radius 1 is 1.10 bits per heavy atom. The third-order valence-electron chi connectivity index (χ3n) is 5.93. The average molecular weight is 412 g/mol. The highest BCUT2D eigenvalue weighted by Crippen LogP contribution is 2.32. The van der Waals surface area contributed by atoms with Crippen LogP contribution in [0.4, 0.5) is 0 Å². The molecule has 1 aromatic heterocycles. The van der Waals surface area contributed by atoms with Crippen LogP contribution in [0.15, 0.2) is 79.0 Å². The summed E-state index contributed by atoms with van der Waals surface area (Å²) in [4.78, 5) is 16.3. The maximum absolute atomic E-state index is 12.9. The molecule has 0 bridgehead atoms. The maximum Gasteiger partial charge on any atom is 0.261 e. The average Bonchev–Trinajstić information content (AvgIpc) is 3.44. The van der Waals surface area contributed by atoms with Gasteiger partial charge < -0.3 is 19.8 Å². The Hall–Kier alpha value is -3.73. The van der Waals surface area contributed by atoms with Gasteiger partial charge in [0, 0.05) is 36.0 Å². The van der Waals surface area contributed by atoms with Crippen LogP contribution in [0, 0.1) is 0 Å². The summed E-state index contributed by atoms with van der Waals surface area (Å²) in [5.74, 6) is 1.51. The summed E-state index contributed by atoms with van der Waals surface area (Å²) < 4.78 is 11.2. The zero-order valence-electron chi connectivity index (χ0n) is 17.3. The predicted octanol–water partition coefficient (Wildman–Crippen LogP) is 4.43. The van der Waals surface area contributed by atoms with Crippen LogP contribution in [0.3, 0.4) is 0 Å². The number of aromatic amines is 1. The lowest BCUT2D eigenvalue weighted by molar-refractivity contribution is -0.127. The molecule has 0 saturated carbocycles. The number of benzene rings is 3. The number of H-pyrrole nitrogens is 1. The molecular weight excluding hydrogens is 388 g/mol. The van der Waals surface area contributed by atoms with E-state index in [-0.39, 0.29) is 11.8 Å². The van der Waals surface area contributed by atoms with Gasteiger partial charge in [-0.2, -0.15) is 0 Å². The van der Waals surface area contributed by atoms with Gasteiger partial charge in [-0.05, 0) is 41.0 Å². The number of ether oxygens (including phenoxy) is 2. The van der Waals surface area contributed by atoms with E-state index in [4.69, 9.17) is 9.47 Å². The number of aromatic nitrogens is 1. The predicted molar refractivity (Wildman–Crippen MR) is 121 cm³/mol. The molecule has 2 N–H and O–H groups in total. The van der Waals surface area contributed by atoms with Gasteiger partial charge in [-0.1, -0.05) is 48.5 Å². The molecule has 2 heterocycles. The van der Waals surface area contributed by atoms with E-state index in [1.165, 1.54) is 0 Å². The van der Waals surface area contributed by atoms with Gasteiger partial charge in [-0.15, -0.1) is 0 Å². The Bertz CT molecular complexity index is 1190. The zero-order valence-corrected chi connectivity index (χ0v) is 17.3. The van der Waals surface area contributed by atoms with E-state index >= 15 is 0 Å². The fraction of sp³-hybridized carbons (Fsp3) is 0.192. The van der Waals surface area contributed by atoms with Gasteiger partial charge >= 0.3 is 0 Å². The first kappa shape index (κ1) is 19.2. The van der Waals surface area contributed by atoms with Gasteiger partial charge in [0.1, 0.15) is 11.5 Å². The van der Waals surface area contributed by atoms with E-state index < -0.39 is 6.10 Å². The molecule has 1 aliphatic heterocycles. The van der Waals surface area contributed by atoms with E-state index in [2.05, 4.69) is 34.6 Å². The highest BCUT2D eigenvalue weighted by atomic mass is 16.5. The van der Waals surface area contributed by atoms with Crippen LogP contribution in [0.2, 0.25) is 0 Å². The Labute approximate surface area is 181 Å². The van der Waals surface area contributed by atoms with Crippen LogP contribution in [-0.2, 0) is 11.2 Å². The van der Waals surface area contributed by atoms with E-state index in [1.807, 2.05) is 54.7 Å². The van der Waals surface area contributed by atoms with Crippen molar-refractivity contribution in [2.24, 2.45) is 0 Å². The highest BCUT2D eigenvalue weighted by molar-refractivity contribution is 5.85. The minimum Gasteiger partial charge on any atom is -0.497 e. The number of para-hydroxylation sites is 2. The van der Waals surface area contributed by atoms with Gasteiger partial charge in [-0.3, -0.25) is 4.79 Å². The Kier molecular flexibility index (Phi) is 5.08. The molecule has 0 saturated heterocycles. The minimum absolute atomic E-state index is 0.00483. The molecule has 156 valence electrons. The van der Waals surface area contributed by atoms with Gasteiger partial charge in [-0.25, -0.2) is 0 Å². The molecule has 1 aliphatic rings. The molecule has 0 spiro atoms. The lowest BCUT2D eigenvalue weighted by Gasteiger charge is -2.20. The summed E-state index contributed by atoms with van der Waals surface area (Å²) in [6.45, 7) is 0.475. The number of nitrogens with one attached hydrogen (secondary N) is 2. The van der Waals surface area contributed by atoms with Gasteiger partial charge in [0.2, 0.25) is 0 Å². The van der Waals surface area contributed by atoms with Crippen molar-refractivity contribution in [3.63, 3.8) is 0 Å². The summed E-state index contributed by atoms with van der Waals surface area (Å²) in [6.07, 6.45) is 2.15. The van der Waals surface area contributed by atoms with Crippen LogP contribution in [0.1, 0.15) is 22.6 Å². The van der Waals surface area contributed by atoms with Crippen molar-refractivity contribution >= 4 is 16.8 Å². The summed E-state index contributed by atoms with van der Waals surface area (Å²) in [5, 5.41) is 4.29. The van der Waals surface area contributed by atoms with E-state index in [1.54, 1.807) is 7.11 Å². The van der Waals surface area contributed by atoms with E-state index in [0.29, 0.717) is 13.0 Å². The number of carbonyl (C=O) groups is 1. The topological polar surface area (TPSA) is 63.4 Å². The normalized spacial score (nSPS) is 15.8. The molecule has 3 aromatic carbocycles. The molecule has 2 atom stereocenters. The standard InChI is InChI=1S/C26H24N2O3/c1-30-19-12-10-17(11-13-19)21(22-16-27-23-8-4-3-7-20(22)23)15-28-26(29)25-14-18-6-2-5-9-24(18)31-25/h2-13,16,21,25,27H,14-15H2,1H3,(H,28,29). The molecule has 0 radical (unpaired) electrons. The summed E-state index contributed by atoms with van der Waals surface area (Å²) in [5.41, 5.74) is 4.42. The van der Waals surface area contributed by atoms with Crippen LogP contribution in [0.5, 0.6) is 11.5 Å². The largest absolute Gasteiger partial charge is 0.497 e. The Morgan fingerprint density at radius 3 is 2.68 bits per heavy atom. The molecule has 31 heavy (non-hydrogen) atoms. The molecule has 5 heteroatoms. The molecule has 4 aromatic rings. The Morgan fingerprint density at radius 2 is 1.87 bits per heavy atom. The first-order valence-electron chi connectivity index (χ1n) is 10.4. The molecular formula is C26H24N2O3. The zero-order chi connectivity index (χ0) is 21.2. The van der Waals surface area contributed by atoms with Crippen molar-refractivity contribution in [3.8, 4) is 11.5 Å². The number of rotatable bonds is 6. The molecule has 0 aliphatic carbocycles. The fourth-order valence-electron chi connectivity index (χ4n) is 4.27. The van der Waals surface area contributed by atoms with E-state index in [0.717, 1.165) is 39.1 Å². The smallest absolute Gasteiger partial charge is 0.261 e. The third kappa shape index (κ3) is 3.75. The summed E-state index contributed by atoms with van der Waals surface area (Å²) in [7, 11) is 1.66. The second kappa shape index (κ2) is 8.19. The van der Waals surface area contributed by atoms with Crippen LogP contribution >= 0.6 is 0 Å². The number of methoxy groups -OCH3 is 1. The van der Waals surface area contributed by atoms with E-state index in [9.17, 15) is 4.79 Å². The number of fused-ring (bicyclic) bond motifs is 2. The first-order valence-corrected chi connectivity index (χ1v) is 10.4. The minimum atomic E-state index is -0.489. The monoisotopic (exact) mass is 412 g/mol. The Balaban J connectivity index is 1.39. The molecule has 1 amide bonds. The van der Waals surface area contributed by atoms with Crippen molar-refractivity contribution in [1.82, 2.24) is 10.3 Å². The second-order valence-electron chi connectivity index (χ2n) is 7.78. The van der Waals surface area contributed by atoms with Gasteiger partial charge in [0.05, 0.1) is 7.11 Å². The second-order valence-corrected chi connectivity index (χ2v) is 7.78. The van der Waals surface area contributed by atoms with Crippen molar-refractivity contribution < 1.29 is 14.3 Å². The third-order valence-corrected chi connectivity index (χ3v) is 5.93. The number of amides is 1. The quantitative estimate of drug-likeness (QED) is 0.493. The fourth-order valence-corrected chi connectivity index (χ4v) is 4.27. The van der Waals surface area contributed by atoms with Crippen molar-refractivity contribution in [3.05, 3.63) is 95.7 Å². The van der Waals surface area contributed by atoms with Crippen LogP contribution < -0.4 is 14.8 Å². The van der Waals surface area contributed by atoms with Crippen molar-refractivity contribution in [1.29, 1.82) is 0 Å². The van der Waals surface area contributed by atoms with Crippen molar-refractivity contribution in [2.45, 2.75) is 18.4 Å².